The van der Waals surface area contributed by atoms with Crippen molar-refractivity contribution in [1.82, 2.24) is 9.78 Å². The Labute approximate surface area is 170 Å². The van der Waals surface area contributed by atoms with Crippen molar-refractivity contribution < 1.29 is 4.74 Å². The number of ether oxygens (including phenoxy) is 1. The smallest absolute Gasteiger partial charge is 0.133 e. The molecular weight excluding hydrogens is 358 g/mol. The second kappa shape index (κ2) is 7.47. The summed E-state index contributed by atoms with van der Waals surface area (Å²) in [5.41, 5.74) is 6.97. The average Bonchev–Trinajstić information content (AvgIpc) is 3.36. The van der Waals surface area contributed by atoms with Crippen LogP contribution < -0.4 is 10.1 Å². The first-order valence-electron chi connectivity index (χ1n) is 9.98. The molecule has 0 fully saturated rings. The fourth-order valence-corrected chi connectivity index (χ4v) is 3.81. The number of fused-ring (bicyclic) bond motifs is 1. The molecule has 0 saturated heterocycles. The zero-order valence-electron chi connectivity index (χ0n) is 16.4. The van der Waals surface area contributed by atoms with E-state index in [1.807, 2.05) is 35.0 Å². The number of aryl methyl sites for hydroxylation is 1. The summed E-state index contributed by atoms with van der Waals surface area (Å²) in [6.07, 6.45) is 0.997. The fourth-order valence-electron chi connectivity index (χ4n) is 3.81. The molecular formula is C25H23N3O. The van der Waals surface area contributed by atoms with Crippen LogP contribution in [0.1, 0.15) is 16.7 Å². The number of benzene rings is 3. The Morgan fingerprint density at radius 3 is 2.59 bits per heavy atom. The van der Waals surface area contributed by atoms with Crippen molar-refractivity contribution in [1.29, 1.82) is 0 Å². The highest BCUT2D eigenvalue weighted by Crippen LogP contribution is 2.35. The van der Waals surface area contributed by atoms with Crippen LogP contribution in [0.5, 0.6) is 5.75 Å². The second-order valence-corrected chi connectivity index (χ2v) is 7.40. The van der Waals surface area contributed by atoms with E-state index >= 15 is 0 Å². The van der Waals surface area contributed by atoms with Gasteiger partial charge in [0.1, 0.15) is 18.2 Å². The normalized spacial score (nSPS) is 12.4. The van der Waals surface area contributed by atoms with Crippen molar-refractivity contribution in [3.8, 4) is 22.7 Å². The van der Waals surface area contributed by atoms with Crippen LogP contribution in [0, 0.1) is 6.92 Å². The Bertz CT molecular complexity index is 1130. The lowest BCUT2D eigenvalue weighted by atomic mass is 10.0. The molecule has 5 rings (SSSR count). The lowest BCUT2D eigenvalue weighted by Gasteiger charge is -2.09. The van der Waals surface area contributed by atoms with E-state index in [0.717, 1.165) is 41.5 Å². The number of nitrogens with zero attached hydrogens (tertiary/aromatic N) is 2. The van der Waals surface area contributed by atoms with Gasteiger partial charge in [-0.05, 0) is 49.2 Å². The molecule has 0 amide bonds. The van der Waals surface area contributed by atoms with Gasteiger partial charge >= 0.3 is 0 Å². The summed E-state index contributed by atoms with van der Waals surface area (Å²) in [6.45, 7) is 3.63. The molecule has 29 heavy (non-hydrogen) atoms. The van der Waals surface area contributed by atoms with Crippen molar-refractivity contribution in [2.75, 3.05) is 11.9 Å². The van der Waals surface area contributed by atoms with E-state index in [1.165, 1.54) is 16.7 Å². The molecule has 4 heteroatoms. The monoisotopic (exact) mass is 381 g/mol. The molecule has 144 valence electrons. The van der Waals surface area contributed by atoms with E-state index in [1.54, 1.807) is 0 Å². The second-order valence-electron chi connectivity index (χ2n) is 7.40. The predicted octanol–water partition coefficient (Wildman–Crippen LogP) is 5.39. The molecule has 0 saturated carbocycles. The van der Waals surface area contributed by atoms with E-state index < -0.39 is 0 Å². The molecule has 1 aromatic heterocycles. The van der Waals surface area contributed by atoms with Gasteiger partial charge in [0.2, 0.25) is 0 Å². The first-order valence-corrected chi connectivity index (χ1v) is 9.98. The van der Waals surface area contributed by atoms with Gasteiger partial charge in [0.05, 0.1) is 11.4 Å². The van der Waals surface area contributed by atoms with Gasteiger partial charge in [0, 0.05) is 17.7 Å². The van der Waals surface area contributed by atoms with Crippen LogP contribution in [-0.2, 0) is 13.0 Å². The molecule has 2 heterocycles. The molecule has 4 aromatic rings. The van der Waals surface area contributed by atoms with Crippen LogP contribution in [0.15, 0.2) is 78.9 Å². The Balaban J connectivity index is 1.42. The largest absolute Gasteiger partial charge is 0.489 e. The van der Waals surface area contributed by atoms with Gasteiger partial charge < -0.3 is 10.1 Å². The Hall–Kier alpha value is -3.53. The van der Waals surface area contributed by atoms with Crippen molar-refractivity contribution in [2.45, 2.75) is 20.0 Å². The predicted molar refractivity (Wildman–Crippen MR) is 117 cm³/mol. The number of rotatable bonds is 5. The van der Waals surface area contributed by atoms with Crippen molar-refractivity contribution in [2.24, 2.45) is 0 Å². The summed E-state index contributed by atoms with van der Waals surface area (Å²) in [6, 6.07) is 26.9. The minimum atomic E-state index is 0.566. The van der Waals surface area contributed by atoms with Crippen molar-refractivity contribution in [3.05, 3.63) is 95.6 Å². The van der Waals surface area contributed by atoms with Crippen LogP contribution in [0.2, 0.25) is 0 Å². The molecule has 3 aromatic carbocycles. The Kier molecular flexibility index (Phi) is 4.53. The van der Waals surface area contributed by atoms with Gasteiger partial charge in [-0.1, -0.05) is 54.1 Å². The number of nitrogens with one attached hydrogen (secondary N) is 1. The fraction of sp³-hybridized carbons (Fsp3) is 0.160. The molecule has 0 aliphatic carbocycles. The maximum Gasteiger partial charge on any atom is 0.133 e. The number of hydrogen-bond acceptors (Lipinski definition) is 3. The molecule has 0 radical (unpaired) electrons. The summed E-state index contributed by atoms with van der Waals surface area (Å²) in [4.78, 5) is 0. The van der Waals surface area contributed by atoms with Gasteiger partial charge in [-0.3, -0.25) is 0 Å². The van der Waals surface area contributed by atoms with E-state index in [9.17, 15) is 0 Å². The molecule has 0 bridgehead atoms. The summed E-state index contributed by atoms with van der Waals surface area (Å²) in [7, 11) is 0. The summed E-state index contributed by atoms with van der Waals surface area (Å²) in [5, 5.41) is 8.45. The van der Waals surface area contributed by atoms with Gasteiger partial charge in [-0.2, -0.15) is 5.10 Å². The van der Waals surface area contributed by atoms with Crippen LogP contribution in [-0.4, -0.2) is 16.3 Å². The molecule has 1 N–H and O–H groups in total. The third-order valence-corrected chi connectivity index (χ3v) is 5.27. The van der Waals surface area contributed by atoms with Crippen LogP contribution in [0.25, 0.3) is 16.9 Å². The highest BCUT2D eigenvalue weighted by Gasteiger charge is 2.23. The lowest BCUT2D eigenvalue weighted by molar-refractivity contribution is 0.306. The summed E-state index contributed by atoms with van der Waals surface area (Å²) < 4.78 is 7.93. The van der Waals surface area contributed by atoms with E-state index in [0.29, 0.717) is 6.61 Å². The highest BCUT2D eigenvalue weighted by atomic mass is 16.5. The third-order valence-electron chi connectivity index (χ3n) is 5.27. The maximum atomic E-state index is 5.92. The van der Waals surface area contributed by atoms with Gasteiger partial charge in [-0.15, -0.1) is 0 Å². The summed E-state index contributed by atoms with van der Waals surface area (Å²) in [5.74, 6) is 1.95. The lowest BCUT2D eigenvalue weighted by Crippen LogP contribution is -2.04. The van der Waals surface area contributed by atoms with Crippen molar-refractivity contribution >= 4 is 5.82 Å². The van der Waals surface area contributed by atoms with E-state index in [-0.39, 0.29) is 0 Å². The highest BCUT2D eigenvalue weighted by molar-refractivity contribution is 5.73. The number of hydrogen-bond donors (Lipinski definition) is 1. The first-order chi connectivity index (χ1) is 14.3. The quantitative estimate of drug-likeness (QED) is 0.503. The Morgan fingerprint density at radius 2 is 1.79 bits per heavy atom. The van der Waals surface area contributed by atoms with Gasteiger partial charge in [0.15, 0.2) is 0 Å². The molecule has 0 unspecified atom stereocenters. The molecule has 1 aliphatic rings. The van der Waals surface area contributed by atoms with Crippen LogP contribution >= 0.6 is 0 Å². The van der Waals surface area contributed by atoms with Crippen LogP contribution in [0.4, 0.5) is 5.82 Å². The van der Waals surface area contributed by atoms with E-state index in [4.69, 9.17) is 9.84 Å². The van der Waals surface area contributed by atoms with Gasteiger partial charge in [0.25, 0.3) is 0 Å². The topological polar surface area (TPSA) is 39.1 Å². The number of anilines is 1. The van der Waals surface area contributed by atoms with Crippen molar-refractivity contribution in [3.63, 3.8) is 0 Å². The maximum absolute atomic E-state index is 5.92. The molecule has 1 aliphatic heterocycles. The molecule has 0 spiro atoms. The number of aromatic nitrogens is 2. The SMILES string of the molecule is Cc1cccc(-c2nn(-c3ccc(OCc4ccccc4)cc3)c3c2CCN3)c1. The molecule has 4 nitrogen and oxygen atoms in total. The summed E-state index contributed by atoms with van der Waals surface area (Å²) >= 11 is 0. The standard InChI is InChI=1S/C25H23N3O/c1-18-6-5-9-20(16-18)24-23-14-15-26-25(23)28(27-24)21-10-12-22(13-11-21)29-17-19-7-3-2-4-8-19/h2-13,16,26H,14-15,17H2,1H3. The van der Waals surface area contributed by atoms with E-state index in [2.05, 4.69) is 60.8 Å². The average molecular weight is 381 g/mol. The van der Waals surface area contributed by atoms with Crippen LogP contribution in [0.3, 0.4) is 0 Å². The van der Waals surface area contributed by atoms with Gasteiger partial charge in [-0.25, -0.2) is 4.68 Å². The minimum absolute atomic E-state index is 0.566. The first kappa shape index (κ1) is 17.6. The molecule has 0 atom stereocenters. The third kappa shape index (κ3) is 3.49. The zero-order valence-corrected chi connectivity index (χ0v) is 16.4. The zero-order chi connectivity index (χ0) is 19.6. The Morgan fingerprint density at radius 1 is 0.966 bits per heavy atom. The minimum Gasteiger partial charge on any atom is -0.489 e.